The third kappa shape index (κ3) is 2.98. The number of carbonyl (C=O) groups is 3. The molecule has 0 radical (unpaired) electrons. The van der Waals surface area contributed by atoms with Crippen LogP contribution < -0.4 is 10.6 Å². The fourth-order valence-electron chi connectivity index (χ4n) is 3.14. The molecule has 0 atom stereocenters. The van der Waals surface area contributed by atoms with Gasteiger partial charge in [-0.1, -0.05) is 6.07 Å². The van der Waals surface area contributed by atoms with Gasteiger partial charge < -0.3 is 20.1 Å². The predicted molar refractivity (Wildman–Crippen MR) is 89.7 cm³/mol. The Hall–Kier alpha value is -3.16. The zero-order chi connectivity index (χ0) is 17.4. The van der Waals surface area contributed by atoms with Gasteiger partial charge in [0.25, 0.3) is 0 Å². The number of fused-ring (bicyclic) bond motifs is 2. The molecule has 0 unspecified atom stereocenters. The monoisotopic (exact) mass is 339 g/mol. The average Bonchev–Trinajstić information content (AvgIpc) is 3.08. The smallest absolute Gasteiger partial charge is 0.313 e. The number of hydrogen-bond acceptors (Lipinski definition) is 4. The van der Waals surface area contributed by atoms with E-state index in [4.69, 9.17) is 0 Å². The van der Waals surface area contributed by atoms with Crippen molar-refractivity contribution in [3.05, 3.63) is 42.0 Å². The molecule has 0 fully saturated rings. The van der Waals surface area contributed by atoms with Crippen molar-refractivity contribution in [1.29, 1.82) is 0 Å². The van der Waals surface area contributed by atoms with Crippen molar-refractivity contribution in [2.24, 2.45) is 0 Å². The van der Waals surface area contributed by atoms with Crippen LogP contribution >= 0.6 is 0 Å². The highest BCUT2D eigenvalue weighted by molar-refractivity contribution is 6.39. The molecule has 2 aliphatic rings. The summed E-state index contributed by atoms with van der Waals surface area (Å²) in [5.41, 5.74) is 3.10. The molecule has 2 aliphatic heterocycles. The number of aromatic nitrogens is 2. The number of benzene rings is 1. The van der Waals surface area contributed by atoms with E-state index in [1.165, 1.54) is 4.90 Å². The lowest BCUT2D eigenvalue weighted by Crippen LogP contribution is -2.43. The molecule has 3 heterocycles. The number of imidazole rings is 1. The molecule has 0 saturated carbocycles. The number of amides is 3. The van der Waals surface area contributed by atoms with E-state index >= 15 is 0 Å². The Morgan fingerprint density at radius 2 is 2.08 bits per heavy atom. The molecule has 128 valence electrons. The third-order valence-corrected chi connectivity index (χ3v) is 4.51. The van der Waals surface area contributed by atoms with Crippen LogP contribution in [0.4, 0.5) is 11.4 Å². The highest BCUT2D eigenvalue weighted by Gasteiger charge is 2.26. The summed E-state index contributed by atoms with van der Waals surface area (Å²) in [6.45, 7) is 1.46. The van der Waals surface area contributed by atoms with Crippen LogP contribution in [0.3, 0.4) is 0 Å². The fraction of sp³-hybridized carbons (Fsp3) is 0.294. The largest absolute Gasteiger partial charge is 0.331 e. The van der Waals surface area contributed by atoms with Gasteiger partial charge in [0.15, 0.2) is 0 Å². The van der Waals surface area contributed by atoms with Gasteiger partial charge in [-0.15, -0.1) is 0 Å². The van der Waals surface area contributed by atoms with Crippen LogP contribution in [-0.2, 0) is 33.9 Å². The maximum atomic E-state index is 12.4. The van der Waals surface area contributed by atoms with Crippen molar-refractivity contribution in [2.75, 3.05) is 17.2 Å². The maximum absolute atomic E-state index is 12.4. The minimum atomic E-state index is -0.685. The Labute approximate surface area is 143 Å². The van der Waals surface area contributed by atoms with Gasteiger partial charge in [0.1, 0.15) is 0 Å². The van der Waals surface area contributed by atoms with E-state index in [0.29, 0.717) is 43.9 Å². The number of rotatable bonds is 1. The van der Waals surface area contributed by atoms with Gasteiger partial charge in [-0.3, -0.25) is 14.4 Å². The second kappa shape index (κ2) is 6.04. The van der Waals surface area contributed by atoms with Crippen LogP contribution in [0, 0.1) is 0 Å². The first kappa shape index (κ1) is 15.4. The molecule has 25 heavy (non-hydrogen) atoms. The summed E-state index contributed by atoms with van der Waals surface area (Å²) in [7, 11) is 0. The predicted octanol–water partition coefficient (Wildman–Crippen LogP) is 0.749. The Kier molecular flexibility index (Phi) is 3.72. The van der Waals surface area contributed by atoms with E-state index in [9.17, 15) is 14.4 Å². The molecule has 8 heteroatoms. The van der Waals surface area contributed by atoms with Crippen LogP contribution in [0.25, 0.3) is 0 Å². The molecule has 3 amide bonds. The van der Waals surface area contributed by atoms with Crippen LogP contribution in [0.2, 0.25) is 0 Å². The van der Waals surface area contributed by atoms with Gasteiger partial charge >= 0.3 is 11.8 Å². The second-order valence-corrected chi connectivity index (χ2v) is 6.18. The SMILES string of the molecule is O=C1CCc2ccc(NC(=O)C(=O)N3CCn4cncc4C3)cc2N1. The van der Waals surface area contributed by atoms with Gasteiger partial charge in [-0.25, -0.2) is 4.98 Å². The van der Waals surface area contributed by atoms with Crippen LogP contribution in [0.1, 0.15) is 17.7 Å². The topological polar surface area (TPSA) is 96.3 Å². The number of aryl methyl sites for hydroxylation is 1. The van der Waals surface area contributed by atoms with Crippen LogP contribution in [0.5, 0.6) is 0 Å². The summed E-state index contributed by atoms with van der Waals surface area (Å²) in [5.74, 6) is -1.30. The number of anilines is 2. The Balaban J connectivity index is 1.44. The Morgan fingerprint density at radius 3 is 2.96 bits per heavy atom. The van der Waals surface area contributed by atoms with E-state index < -0.39 is 11.8 Å². The molecule has 0 bridgehead atoms. The van der Waals surface area contributed by atoms with Crippen molar-refractivity contribution in [2.45, 2.75) is 25.9 Å². The lowest BCUT2D eigenvalue weighted by atomic mass is 10.0. The first-order valence-electron chi connectivity index (χ1n) is 8.12. The summed E-state index contributed by atoms with van der Waals surface area (Å²) in [5, 5.41) is 5.40. The molecule has 8 nitrogen and oxygen atoms in total. The Morgan fingerprint density at radius 1 is 1.20 bits per heavy atom. The van der Waals surface area contributed by atoms with Crippen LogP contribution in [0.15, 0.2) is 30.7 Å². The van der Waals surface area contributed by atoms with E-state index in [2.05, 4.69) is 15.6 Å². The molecule has 2 N–H and O–H groups in total. The van der Waals surface area contributed by atoms with Crippen molar-refractivity contribution in [3.8, 4) is 0 Å². The molecule has 4 rings (SSSR count). The minimum Gasteiger partial charge on any atom is -0.331 e. The molecule has 1 aromatic carbocycles. The summed E-state index contributed by atoms with van der Waals surface area (Å²) in [6.07, 6.45) is 4.56. The molecule has 1 aromatic heterocycles. The zero-order valence-corrected chi connectivity index (χ0v) is 13.5. The summed E-state index contributed by atoms with van der Waals surface area (Å²) in [6, 6.07) is 5.28. The fourth-order valence-corrected chi connectivity index (χ4v) is 3.14. The van der Waals surface area contributed by atoms with Gasteiger partial charge in [0, 0.05) is 37.1 Å². The van der Waals surface area contributed by atoms with E-state index in [1.807, 2.05) is 10.6 Å². The molecule has 0 saturated heterocycles. The number of hydrogen-bond donors (Lipinski definition) is 2. The lowest BCUT2D eigenvalue weighted by molar-refractivity contribution is -0.144. The highest BCUT2D eigenvalue weighted by Crippen LogP contribution is 2.26. The van der Waals surface area contributed by atoms with Crippen molar-refractivity contribution >= 4 is 29.1 Å². The van der Waals surface area contributed by atoms with Gasteiger partial charge in [0.05, 0.1) is 18.6 Å². The lowest BCUT2D eigenvalue weighted by Gasteiger charge is -2.27. The third-order valence-electron chi connectivity index (χ3n) is 4.51. The van der Waals surface area contributed by atoms with Crippen LogP contribution in [-0.4, -0.2) is 38.7 Å². The number of nitrogens with zero attached hydrogens (tertiary/aromatic N) is 3. The molecule has 2 aromatic rings. The molecule has 0 spiro atoms. The molecular formula is C17H17N5O3. The summed E-state index contributed by atoms with van der Waals surface area (Å²) >= 11 is 0. The quantitative estimate of drug-likeness (QED) is 0.749. The first-order chi connectivity index (χ1) is 12.1. The van der Waals surface area contributed by atoms with E-state index in [0.717, 1.165) is 11.3 Å². The van der Waals surface area contributed by atoms with E-state index in [1.54, 1.807) is 24.7 Å². The summed E-state index contributed by atoms with van der Waals surface area (Å²) < 4.78 is 1.97. The normalized spacial score (nSPS) is 15.8. The zero-order valence-electron chi connectivity index (χ0n) is 13.5. The average molecular weight is 339 g/mol. The highest BCUT2D eigenvalue weighted by atomic mass is 16.2. The minimum absolute atomic E-state index is 0.0445. The first-order valence-corrected chi connectivity index (χ1v) is 8.12. The van der Waals surface area contributed by atoms with Gasteiger partial charge in [-0.2, -0.15) is 0 Å². The molecule has 0 aliphatic carbocycles. The van der Waals surface area contributed by atoms with Crippen molar-refractivity contribution < 1.29 is 14.4 Å². The van der Waals surface area contributed by atoms with Crippen molar-refractivity contribution in [1.82, 2.24) is 14.5 Å². The maximum Gasteiger partial charge on any atom is 0.313 e. The van der Waals surface area contributed by atoms with Crippen molar-refractivity contribution in [3.63, 3.8) is 0 Å². The summed E-state index contributed by atoms with van der Waals surface area (Å²) in [4.78, 5) is 41.7. The number of carbonyl (C=O) groups excluding carboxylic acids is 3. The standard InChI is InChI=1S/C17H17N5O3/c23-15-4-2-11-1-3-12(7-14(11)20-15)19-16(24)17(25)21-5-6-22-10-18-8-13(22)9-21/h1,3,7-8,10H,2,4-6,9H2,(H,19,24)(H,20,23). The second-order valence-electron chi connectivity index (χ2n) is 6.18. The molecular weight excluding hydrogens is 322 g/mol. The van der Waals surface area contributed by atoms with Gasteiger partial charge in [-0.05, 0) is 24.1 Å². The van der Waals surface area contributed by atoms with Gasteiger partial charge in [0.2, 0.25) is 5.91 Å². The Bertz CT molecular complexity index is 873. The van der Waals surface area contributed by atoms with E-state index in [-0.39, 0.29) is 5.91 Å². The number of nitrogens with one attached hydrogen (secondary N) is 2.